The zero-order valence-corrected chi connectivity index (χ0v) is 27.1. The van der Waals surface area contributed by atoms with Gasteiger partial charge in [-0.1, -0.05) is 71.2 Å². The summed E-state index contributed by atoms with van der Waals surface area (Å²) >= 11 is 3.50. The molecule has 0 heterocycles. The van der Waals surface area contributed by atoms with Crippen LogP contribution in [0.3, 0.4) is 0 Å². The lowest BCUT2D eigenvalue weighted by atomic mass is 10.0. The van der Waals surface area contributed by atoms with Gasteiger partial charge in [0, 0.05) is 29.5 Å². The summed E-state index contributed by atoms with van der Waals surface area (Å²) < 4.78 is 38.8. The van der Waals surface area contributed by atoms with Gasteiger partial charge in [0.25, 0.3) is 0 Å². The van der Waals surface area contributed by atoms with Crippen LogP contribution in [-0.4, -0.2) is 64.2 Å². The fourth-order valence-corrected chi connectivity index (χ4v) is 6.64. The lowest BCUT2D eigenvalue weighted by molar-refractivity contribution is -0.140. The Morgan fingerprint density at radius 1 is 0.953 bits per heavy atom. The number of nitrogens with one attached hydrogen (secondary N) is 1. The van der Waals surface area contributed by atoms with E-state index >= 15 is 0 Å². The van der Waals surface area contributed by atoms with Gasteiger partial charge in [0.05, 0.1) is 26.2 Å². The number of hydrogen-bond acceptors (Lipinski definition) is 6. The number of hydrogen-bond donors (Lipinski definition) is 1. The van der Waals surface area contributed by atoms with Crippen LogP contribution >= 0.6 is 15.9 Å². The Kier molecular flexibility index (Phi) is 11.1. The number of benzene rings is 3. The number of nitrogens with zero attached hydrogens (tertiary/aromatic N) is 2. The molecule has 0 radical (unpaired) electrons. The molecule has 0 aliphatic heterocycles. The zero-order valence-electron chi connectivity index (χ0n) is 24.7. The quantitative estimate of drug-likeness (QED) is 0.276. The van der Waals surface area contributed by atoms with Crippen molar-refractivity contribution in [3.05, 3.63) is 88.4 Å². The topological polar surface area (TPSA) is 105 Å². The molecule has 230 valence electrons. The third-order valence-corrected chi connectivity index (χ3v) is 9.17. The van der Waals surface area contributed by atoms with Crippen molar-refractivity contribution in [1.29, 1.82) is 0 Å². The van der Waals surface area contributed by atoms with E-state index in [9.17, 15) is 18.0 Å². The highest BCUT2D eigenvalue weighted by Gasteiger charge is 2.35. The molecule has 9 nitrogen and oxygen atoms in total. The molecule has 43 heavy (non-hydrogen) atoms. The van der Waals surface area contributed by atoms with Crippen molar-refractivity contribution < 1.29 is 27.5 Å². The van der Waals surface area contributed by atoms with Crippen molar-refractivity contribution in [3.8, 4) is 11.5 Å². The summed E-state index contributed by atoms with van der Waals surface area (Å²) in [4.78, 5) is 29.8. The summed E-state index contributed by atoms with van der Waals surface area (Å²) in [6.07, 6.45) is 5.18. The number of methoxy groups -OCH3 is 2. The molecule has 1 fully saturated rings. The lowest BCUT2D eigenvalue weighted by Gasteiger charge is -2.34. The number of halogens is 1. The van der Waals surface area contributed by atoms with E-state index in [1.165, 1.54) is 19.1 Å². The highest BCUT2D eigenvalue weighted by molar-refractivity contribution is 9.10. The minimum atomic E-state index is -3.94. The number of rotatable bonds is 13. The number of carbonyl (C=O) groups excluding carboxylic acids is 2. The molecule has 0 unspecified atom stereocenters. The summed E-state index contributed by atoms with van der Waals surface area (Å²) in [5.74, 6) is -0.0723. The molecule has 3 aromatic rings. The largest absolute Gasteiger partial charge is 0.497 e. The van der Waals surface area contributed by atoms with Gasteiger partial charge in [-0.25, -0.2) is 8.42 Å². The number of ether oxygens (including phenoxy) is 2. The third kappa shape index (κ3) is 8.73. The van der Waals surface area contributed by atoms with Gasteiger partial charge in [0.2, 0.25) is 21.8 Å². The Morgan fingerprint density at radius 2 is 1.65 bits per heavy atom. The van der Waals surface area contributed by atoms with Crippen molar-refractivity contribution in [2.75, 3.05) is 31.3 Å². The molecule has 3 aromatic carbocycles. The fraction of sp³-hybridized carbons (Fsp3) is 0.375. The van der Waals surface area contributed by atoms with Crippen molar-refractivity contribution in [1.82, 2.24) is 10.2 Å². The second-order valence-electron chi connectivity index (χ2n) is 10.7. The Labute approximate surface area is 262 Å². The van der Waals surface area contributed by atoms with Crippen LogP contribution < -0.4 is 19.1 Å². The van der Waals surface area contributed by atoms with E-state index < -0.39 is 28.5 Å². The Balaban J connectivity index is 1.75. The van der Waals surface area contributed by atoms with Crippen molar-refractivity contribution in [2.24, 2.45) is 0 Å². The number of amides is 2. The monoisotopic (exact) mass is 671 g/mol. The van der Waals surface area contributed by atoms with Gasteiger partial charge in [0.15, 0.2) is 0 Å². The Hall–Kier alpha value is -3.57. The molecule has 1 aliphatic rings. The number of sulfonamides is 1. The molecule has 1 aliphatic carbocycles. The van der Waals surface area contributed by atoms with E-state index in [1.54, 1.807) is 18.2 Å². The van der Waals surface area contributed by atoms with Crippen LogP contribution in [-0.2, 0) is 32.6 Å². The lowest BCUT2D eigenvalue weighted by Crippen LogP contribution is -2.54. The Bertz CT molecular complexity index is 1510. The molecule has 4 rings (SSSR count). The maximum absolute atomic E-state index is 14.3. The summed E-state index contributed by atoms with van der Waals surface area (Å²) in [6, 6.07) is 20.9. The first kappa shape index (κ1) is 32.3. The highest BCUT2D eigenvalue weighted by Crippen LogP contribution is 2.34. The second-order valence-corrected chi connectivity index (χ2v) is 13.5. The number of anilines is 1. The molecule has 1 atom stereocenters. The molecular formula is C32H38BrN3O6S. The predicted octanol–water partition coefficient (Wildman–Crippen LogP) is 4.93. The van der Waals surface area contributed by atoms with Crippen LogP contribution in [0.4, 0.5) is 5.69 Å². The zero-order chi connectivity index (χ0) is 31.0. The van der Waals surface area contributed by atoms with Gasteiger partial charge in [-0.05, 0) is 48.2 Å². The van der Waals surface area contributed by atoms with E-state index in [1.807, 2.05) is 54.6 Å². The van der Waals surface area contributed by atoms with Crippen molar-refractivity contribution in [3.63, 3.8) is 0 Å². The standard InChI is InChI=1S/C32H38BrN3O6S/c1-41-27-16-17-28(30(20-27)42-2)36(43(3,39)40)22-31(37)35(21-24-12-9-13-25(33)18-24)29(19-23-10-5-4-6-11-23)32(38)34-26-14-7-8-15-26/h4-6,9-13,16-18,20,26,29H,7-8,14-15,19,21-22H2,1-3H3,(H,34,38)/t29-/m0/s1. The molecule has 2 amide bonds. The summed E-state index contributed by atoms with van der Waals surface area (Å²) in [5, 5.41) is 3.17. The molecule has 11 heteroatoms. The van der Waals surface area contributed by atoms with E-state index in [-0.39, 0.29) is 36.4 Å². The van der Waals surface area contributed by atoms with Crippen molar-refractivity contribution >= 4 is 43.5 Å². The first-order chi connectivity index (χ1) is 20.6. The third-order valence-electron chi connectivity index (χ3n) is 7.55. The second kappa shape index (κ2) is 14.7. The van der Waals surface area contributed by atoms with Crippen LogP contribution in [0, 0.1) is 0 Å². The summed E-state index contributed by atoms with van der Waals surface area (Å²) in [6.45, 7) is -0.428. The van der Waals surface area contributed by atoms with Gasteiger partial charge >= 0.3 is 0 Å². The summed E-state index contributed by atoms with van der Waals surface area (Å²) in [7, 11) is -1.03. The van der Waals surface area contributed by atoms with Crippen LogP contribution in [0.2, 0.25) is 0 Å². The van der Waals surface area contributed by atoms with E-state index in [0.717, 1.165) is 51.8 Å². The minimum Gasteiger partial charge on any atom is -0.497 e. The molecule has 1 saturated carbocycles. The molecule has 1 N–H and O–H groups in total. The molecule has 0 saturated heterocycles. The van der Waals surface area contributed by atoms with Crippen LogP contribution in [0.5, 0.6) is 11.5 Å². The first-order valence-corrected chi connectivity index (χ1v) is 16.8. The maximum Gasteiger partial charge on any atom is 0.244 e. The van der Waals surface area contributed by atoms with Gasteiger partial charge in [0.1, 0.15) is 24.1 Å². The SMILES string of the molecule is COc1ccc(N(CC(=O)N(Cc2cccc(Br)c2)[C@@H](Cc2ccccc2)C(=O)NC2CCCC2)S(C)(=O)=O)c(OC)c1. The van der Waals surface area contributed by atoms with Crippen LogP contribution in [0.1, 0.15) is 36.8 Å². The fourth-order valence-electron chi connectivity index (χ4n) is 5.34. The first-order valence-electron chi connectivity index (χ1n) is 14.2. The average Bonchev–Trinajstić information content (AvgIpc) is 3.50. The normalized spacial score (nSPS) is 14.1. The van der Waals surface area contributed by atoms with Crippen LogP contribution in [0.25, 0.3) is 0 Å². The highest BCUT2D eigenvalue weighted by atomic mass is 79.9. The molecule has 0 spiro atoms. The molecular weight excluding hydrogens is 634 g/mol. The average molecular weight is 673 g/mol. The van der Waals surface area contributed by atoms with Gasteiger partial charge in [-0.2, -0.15) is 0 Å². The van der Waals surface area contributed by atoms with Gasteiger partial charge in [-0.3, -0.25) is 13.9 Å². The maximum atomic E-state index is 14.3. The molecule has 0 bridgehead atoms. The van der Waals surface area contributed by atoms with E-state index in [0.29, 0.717) is 5.75 Å². The van der Waals surface area contributed by atoms with E-state index in [2.05, 4.69) is 21.2 Å². The number of carbonyl (C=O) groups is 2. The Morgan fingerprint density at radius 3 is 2.28 bits per heavy atom. The van der Waals surface area contributed by atoms with Crippen molar-refractivity contribution in [2.45, 2.75) is 50.7 Å². The van der Waals surface area contributed by atoms with Crippen LogP contribution in [0.15, 0.2) is 77.3 Å². The smallest absolute Gasteiger partial charge is 0.244 e. The predicted molar refractivity (Wildman–Crippen MR) is 171 cm³/mol. The molecule has 0 aromatic heterocycles. The summed E-state index contributed by atoms with van der Waals surface area (Å²) in [5.41, 5.74) is 1.87. The van der Waals surface area contributed by atoms with E-state index in [4.69, 9.17) is 9.47 Å². The minimum absolute atomic E-state index is 0.0460. The van der Waals surface area contributed by atoms with Gasteiger partial charge in [-0.15, -0.1) is 0 Å². The van der Waals surface area contributed by atoms with Gasteiger partial charge < -0.3 is 19.7 Å².